The van der Waals surface area contributed by atoms with Crippen molar-refractivity contribution in [3.8, 4) is 5.88 Å². The van der Waals surface area contributed by atoms with E-state index in [-0.39, 0.29) is 5.82 Å². The number of hydrogen-bond donors (Lipinski definition) is 0. The van der Waals surface area contributed by atoms with Crippen LogP contribution >= 0.6 is 0 Å². The van der Waals surface area contributed by atoms with E-state index in [0.29, 0.717) is 18.4 Å². The Hall–Kier alpha value is -1.94. The van der Waals surface area contributed by atoms with Crippen LogP contribution in [0.5, 0.6) is 5.88 Å². The molecule has 1 atom stereocenters. The maximum atomic E-state index is 12.8. The highest BCUT2D eigenvalue weighted by Gasteiger charge is 2.20. The number of aromatic nitrogens is 1. The molecule has 122 valence electrons. The summed E-state index contributed by atoms with van der Waals surface area (Å²) in [5.41, 5.74) is 2.67. The lowest BCUT2D eigenvalue weighted by Gasteiger charge is -2.32. The van der Waals surface area contributed by atoms with Gasteiger partial charge in [-0.15, -0.1) is 0 Å². The molecule has 23 heavy (non-hydrogen) atoms. The Morgan fingerprint density at radius 3 is 3.00 bits per heavy atom. The van der Waals surface area contributed by atoms with Gasteiger partial charge in [-0.05, 0) is 37.9 Å². The van der Waals surface area contributed by atoms with Gasteiger partial charge in [0.05, 0.1) is 12.8 Å². The van der Waals surface area contributed by atoms with Crippen molar-refractivity contribution >= 4 is 0 Å². The van der Waals surface area contributed by atoms with Crippen LogP contribution in [0.2, 0.25) is 0 Å². The van der Waals surface area contributed by atoms with Gasteiger partial charge in [-0.3, -0.25) is 4.90 Å². The average Bonchev–Trinajstić information content (AvgIpc) is 2.55. The highest BCUT2D eigenvalue weighted by atomic mass is 19.1. The molecule has 0 bridgehead atoms. The van der Waals surface area contributed by atoms with Gasteiger partial charge in [0.15, 0.2) is 0 Å². The van der Waals surface area contributed by atoms with Crippen molar-refractivity contribution in [2.24, 2.45) is 5.92 Å². The molecule has 4 heteroatoms. The van der Waals surface area contributed by atoms with E-state index in [0.717, 1.165) is 19.6 Å². The standard InChI is InChI=1S/C19H23FN2O/c1-15-4-2-5-16(10-15)12-22-9-3-6-17(13-22)14-23-19-8-7-18(20)11-21-19/h2,4-5,7-8,10-11,17H,3,6,9,12-14H2,1H3/t17-/m1/s1. The van der Waals surface area contributed by atoms with Gasteiger partial charge in [0.25, 0.3) is 0 Å². The summed E-state index contributed by atoms with van der Waals surface area (Å²) >= 11 is 0. The Kier molecular flexibility index (Phi) is 5.23. The summed E-state index contributed by atoms with van der Waals surface area (Å²) in [5, 5.41) is 0. The second kappa shape index (κ2) is 7.55. The maximum absolute atomic E-state index is 12.8. The SMILES string of the molecule is Cc1cccc(CN2CCC[C@@H](COc3ccc(F)cn3)C2)c1. The van der Waals surface area contributed by atoms with Crippen molar-refractivity contribution in [2.75, 3.05) is 19.7 Å². The third-order valence-corrected chi connectivity index (χ3v) is 4.26. The second-order valence-electron chi connectivity index (χ2n) is 6.36. The molecule has 0 spiro atoms. The number of ether oxygens (including phenoxy) is 1. The van der Waals surface area contributed by atoms with Gasteiger partial charge in [0.1, 0.15) is 5.82 Å². The molecule has 1 aromatic heterocycles. The molecule has 1 saturated heterocycles. The van der Waals surface area contributed by atoms with Crippen LogP contribution in [0.3, 0.4) is 0 Å². The first-order valence-corrected chi connectivity index (χ1v) is 8.21. The molecule has 2 heterocycles. The fourth-order valence-corrected chi connectivity index (χ4v) is 3.15. The van der Waals surface area contributed by atoms with E-state index in [1.807, 2.05) is 0 Å². The monoisotopic (exact) mass is 314 g/mol. The lowest BCUT2D eigenvalue weighted by atomic mass is 9.98. The molecule has 0 amide bonds. The van der Waals surface area contributed by atoms with Crippen LogP contribution in [0, 0.1) is 18.7 Å². The third-order valence-electron chi connectivity index (χ3n) is 4.26. The first-order chi connectivity index (χ1) is 11.2. The van der Waals surface area contributed by atoms with Gasteiger partial charge in [-0.25, -0.2) is 9.37 Å². The fraction of sp³-hybridized carbons (Fsp3) is 0.421. The Morgan fingerprint density at radius 2 is 2.22 bits per heavy atom. The molecule has 2 aromatic rings. The van der Waals surface area contributed by atoms with Gasteiger partial charge in [0, 0.05) is 25.1 Å². The van der Waals surface area contributed by atoms with E-state index < -0.39 is 0 Å². The molecule has 1 fully saturated rings. The lowest BCUT2D eigenvalue weighted by Crippen LogP contribution is -2.37. The third kappa shape index (κ3) is 4.76. The summed E-state index contributed by atoms with van der Waals surface area (Å²) in [6.07, 6.45) is 3.56. The topological polar surface area (TPSA) is 25.4 Å². The van der Waals surface area contributed by atoms with E-state index in [1.165, 1.54) is 36.2 Å². The Bertz CT molecular complexity index is 630. The van der Waals surface area contributed by atoms with Gasteiger partial charge in [0.2, 0.25) is 5.88 Å². The summed E-state index contributed by atoms with van der Waals surface area (Å²) in [6, 6.07) is 11.7. The number of benzene rings is 1. The van der Waals surface area contributed by atoms with Gasteiger partial charge < -0.3 is 4.74 Å². The fourth-order valence-electron chi connectivity index (χ4n) is 3.15. The largest absolute Gasteiger partial charge is 0.477 e. The molecule has 1 aliphatic rings. The molecule has 0 unspecified atom stereocenters. The van der Waals surface area contributed by atoms with Crippen molar-refractivity contribution in [1.82, 2.24) is 9.88 Å². The number of pyridine rings is 1. The van der Waals surface area contributed by atoms with Crippen LogP contribution in [0.25, 0.3) is 0 Å². The van der Waals surface area contributed by atoms with Crippen LogP contribution in [0.15, 0.2) is 42.6 Å². The van der Waals surface area contributed by atoms with Gasteiger partial charge in [-0.2, -0.15) is 0 Å². The smallest absolute Gasteiger partial charge is 0.213 e. The zero-order valence-electron chi connectivity index (χ0n) is 13.5. The highest BCUT2D eigenvalue weighted by molar-refractivity contribution is 5.22. The highest BCUT2D eigenvalue weighted by Crippen LogP contribution is 2.20. The van der Waals surface area contributed by atoms with Gasteiger partial charge >= 0.3 is 0 Å². The maximum Gasteiger partial charge on any atom is 0.213 e. The average molecular weight is 314 g/mol. The number of aryl methyl sites for hydroxylation is 1. The Labute approximate surface area is 137 Å². The number of piperidine rings is 1. The molecule has 0 saturated carbocycles. The molecule has 0 aliphatic carbocycles. The Balaban J connectivity index is 1.50. The van der Waals surface area contributed by atoms with Crippen LogP contribution in [-0.4, -0.2) is 29.6 Å². The van der Waals surface area contributed by atoms with Crippen LogP contribution < -0.4 is 4.74 Å². The predicted octanol–water partition coefficient (Wildman–Crippen LogP) is 3.82. The second-order valence-corrected chi connectivity index (χ2v) is 6.36. The first kappa shape index (κ1) is 15.9. The summed E-state index contributed by atoms with van der Waals surface area (Å²) in [7, 11) is 0. The Morgan fingerprint density at radius 1 is 1.30 bits per heavy atom. The number of likely N-dealkylation sites (tertiary alicyclic amines) is 1. The summed E-state index contributed by atoms with van der Waals surface area (Å²) in [6.45, 7) is 5.94. The lowest BCUT2D eigenvalue weighted by molar-refractivity contribution is 0.123. The first-order valence-electron chi connectivity index (χ1n) is 8.21. The van der Waals surface area contributed by atoms with Crippen molar-refractivity contribution < 1.29 is 9.13 Å². The van der Waals surface area contributed by atoms with E-state index >= 15 is 0 Å². The number of halogens is 1. The van der Waals surface area contributed by atoms with Crippen LogP contribution in [-0.2, 0) is 6.54 Å². The number of rotatable bonds is 5. The number of hydrogen-bond acceptors (Lipinski definition) is 3. The van der Waals surface area contributed by atoms with E-state index in [4.69, 9.17) is 4.74 Å². The summed E-state index contributed by atoms with van der Waals surface area (Å²) in [4.78, 5) is 6.44. The van der Waals surface area contributed by atoms with E-state index in [9.17, 15) is 4.39 Å². The molecule has 3 rings (SSSR count). The minimum absolute atomic E-state index is 0.334. The summed E-state index contributed by atoms with van der Waals surface area (Å²) in [5.74, 6) is 0.668. The molecule has 1 aliphatic heterocycles. The van der Waals surface area contributed by atoms with Crippen LogP contribution in [0.4, 0.5) is 4.39 Å². The molecule has 3 nitrogen and oxygen atoms in total. The van der Waals surface area contributed by atoms with E-state index in [2.05, 4.69) is 41.1 Å². The molecule has 0 N–H and O–H groups in total. The van der Waals surface area contributed by atoms with Crippen LogP contribution in [0.1, 0.15) is 24.0 Å². The zero-order chi connectivity index (χ0) is 16.1. The summed E-state index contributed by atoms with van der Waals surface area (Å²) < 4.78 is 18.6. The van der Waals surface area contributed by atoms with Crippen molar-refractivity contribution in [2.45, 2.75) is 26.3 Å². The van der Waals surface area contributed by atoms with Gasteiger partial charge in [-0.1, -0.05) is 29.8 Å². The minimum atomic E-state index is -0.334. The van der Waals surface area contributed by atoms with Crippen molar-refractivity contribution in [1.29, 1.82) is 0 Å². The minimum Gasteiger partial charge on any atom is -0.477 e. The van der Waals surface area contributed by atoms with Crippen molar-refractivity contribution in [3.63, 3.8) is 0 Å². The normalized spacial score (nSPS) is 18.8. The quantitative estimate of drug-likeness (QED) is 0.839. The number of nitrogens with zero attached hydrogens (tertiary/aromatic N) is 2. The molecular formula is C19H23FN2O. The van der Waals surface area contributed by atoms with Crippen molar-refractivity contribution in [3.05, 3.63) is 59.5 Å². The predicted molar refractivity (Wildman–Crippen MR) is 88.9 cm³/mol. The molecule has 1 aromatic carbocycles. The van der Waals surface area contributed by atoms with E-state index in [1.54, 1.807) is 6.07 Å². The molecule has 0 radical (unpaired) electrons. The zero-order valence-corrected chi connectivity index (χ0v) is 13.5. The molecular weight excluding hydrogens is 291 g/mol.